The maximum Gasteiger partial charge on any atom is 0.573 e. The molecule has 0 saturated carbocycles. The first-order chi connectivity index (χ1) is 16.6. The molecule has 0 amide bonds. The highest BCUT2D eigenvalue weighted by Crippen LogP contribution is 2.39. The van der Waals surface area contributed by atoms with E-state index < -0.39 is 12.7 Å². The number of benzene rings is 4. The Morgan fingerprint density at radius 2 is 0.771 bits per heavy atom. The first-order valence-electron chi connectivity index (χ1n) is 10.2. The molecule has 4 aromatic rings. The first-order valence-corrected chi connectivity index (χ1v) is 10.2. The molecule has 0 aliphatic heterocycles. The van der Waals surface area contributed by atoms with E-state index in [0.717, 1.165) is 0 Å². The molecule has 9 heteroatoms. The molecule has 0 aliphatic carbocycles. The molecule has 0 radical (unpaired) electrons. The van der Waals surface area contributed by atoms with Crippen LogP contribution < -0.4 is 14.2 Å². The van der Waals surface area contributed by atoms with Gasteiger partial charge in [-0.05, 0) is 47.5 Å². The average molecular weight is 490 g/mol. The van der Waals surface area contributed by atoms with Crippen molar-refractivity contribution < 1.29 is 40.6 Å². The third-order valence-electron chi connectivity index (χ3n) is 4.79. The summed E-state index contributed by atoms with van der Waals surface area (Å²) in [4.78, 5) is 0. The number of hydrogen-bond acceptors (Lipinski definition) is 3. The molecule has 0 aliphatic rings. The number of halogens is 6. The molecule has 0 atom stereocenters. The monoisotopic (exact) mass is 490 g/mol. The number of ether oxygens (including phenoxy) is 3. The van der Waals surface area contributed by atoms with E-state index in [1.807, 2.05) is 0 Å². The maximum atomic E-state index is 12.4. The SMILES string of the molecule is FC(F)(F)Oc1ccc(-c2ccccc2Oc2ccccc2-c2ccc(OC(F)(F)F)cc2)cc1. The molecule has 4 aromatic carbocycles. The Hall–Kier alpha value is -4.14. The van der Waals surface area contributed by atoms with Crippen molar-refractivity contribution in [3.8, 4) is 45.3 Å². The largest absolute Gasteiger partial charge is 0.573 e. The van der Waals surface area contributed by atoms with Crippen LogP contribution in [0.25, 0.3) is 22.3 Å². The predicted octanol–water partition coefficient (Wildman–Crippen LogP) is 8.61. The van der Waals surface area contributed by atoms with E-state index in [1.54, 1.807) is 48.5 Å². The standard InChI is InChI=1S/C26H16F6O3/c27-25(28,29)34-19-13-9-17(10-14-19)21-5-1-3-7-23(21)33-24-8-4-2-6-22(24)18-11-15-20(16-12-18)35-26(30,31)32/h1-16H. The van der Waals surface area contributed by atoms with Crippen molar-refractivity contribution in [2.45, 2.75) is 12.7 Å². The topological polar surface area (TPSA) is 27.7 Å². The van der Waals surface area contributed by atoms with E-state index in [0.29, 0.717) is 33.8 Å². The summed E-state index contributed by atoms with van der Waals surface area (Å²) in [5, 5.41) is 0. The molecule has 0 saturated heterocycles. The fourth-order valence-electron chi connectivity index (χ4n) is 3.38. The number of rotatable bonds is 6. The van der Waals surface area contributed by atoms with Crippen LogP contribution in [0.15, 0.2) is 97.1 Å². The molecular formula is C26H16F6O3. The molecule has 0 fully saturated rings. The van der Waals surface area contributed by atoms with Gasteiger partial charge >= 0.3 is 12.7 Å². The smallest absolute Gasteiger partial charge is 0.456 e. The van der Waals surface area contributed by atoms with Gasteiger partial charge in [0.25, 0.3) is 0 Å². The Balaban J connectivity index is 1.61. The molecule has 0 N–H and O–H groups in total. The maximum absolute atomic E-state index is 12.4. The molecule has 35 heavy (non-hydrogen) atoms. The molecule has 0 unspecified atom stereocenters. The van der Waals surface area contributed by atoms with Gasteiger partial charge in [-0.1, -0.05) is 60.7 Å². The van der Waals surface area contributed by atoms with Crippen LogP contribution in [0, 0.1) is 0 Å². The van der Waals surface area contributed by atoms with E-state index in [1.165, 1.54) is 48.5 Å². The van der Waals surface area contributed by atoms with Gasteiger partial charge in [0.2, 0.25) is 0 Å². The van der Waals surface area contributed by atoms with Crippen molar-refractivity contribution in [3.63, 3.8) is 0 Å². The summed E-state index contributed by atoms with van der Waals surface area (Å²) in [7, 11) is 0. The van der Waals surface area contributed by atoms with Crippen LogP contribution in [0.1, 0.15) is 0 Å². The van der Waals surface area contributed by atoms with Gasteiger partial charge in [-0.15, -0.1) is 26.3 Å². The van der Waals surface area contributed by atoms with Crippen LogP contribution in [-0.4, -0.2) is 12.7 Å². The summed E-state index contributed by atoms with van der Waals surface area (Å²) in [6, 6.07) is 24.7. The summed E-state index contributed by atoms with van der Waals surface area (Å²) < 4.78 is 88.6. The van der Waals surface area contributed by atoms with Gasteiger partial charge in [0.05, 0.1) is 0 Å². The summed E-state index contributed by atoms with van der Waals surface area (Å²) in [6.07, 6.45) is -9.58. The van der Waals surface area contributed by atoms with Gasteiger partial charge in [0.15, 0.2) is 0 Å². The highest BCUT2D eigenvalue weighted by Gasteiger charge is 2.31. The van der Waals surface area contributed by atoms with E-state index >= 15 is 0 Å². The van der Waals surface area contributed by atoms with Crippen molar-refractivity contribution in [2.24, 2.45) is 0 Å². The predicted molar refractivity (Wildman–Crippen MR) is 117 cm³/mol. The average Bonchev–Trinajstić information content (AvgIpc) is 2.79. The second kappa shape index (κ2) is 9.61. The lowest BCUT2D eigenvalue weighted by Crippen LogP contribution is -2.16. The summed E-state index contributed by atoms with van der Waals surface area (Å²) in [5.41, 5.74) is 2.44. The highest BCUT2D eigenvalue weighted by atomic mass is 19.4. The first kappa shape index (κ1) is 24.0. The molecule has 0 aromatic heterocycles. The van der Waals surface area contributed by atoms with E-state index in [-0.39, 0.29) is 11.5 Å². The lowest BCUT2D eigenvalue weighted by atomic mass is 10.0. The van der Waals surface area contributed by atoms with Gasteiger partial charge < -0.3 is 14.2 Å². The van der Waals surface area contributed by atoms with Crippen LogP contribution >= 0.6 is 0 Å². The van der Waals surface area contributed by atoms with Crippen LogP contribution in [-0.2, 0) is 0 Å². The molecule has 0 heterocycles. The highest BCUT2D eigenvalue weighted by molar-refractivity contribution is 5.74. The zero-order valence-electron chi connectivity index (χ0n) is 17.7. The lowest BCUT2D eigenvalue weighted by molar-refractivity contribution is -0.275. The Morgan fingerprint density at radius 1 is 0.429 bits per heavy atom. The second-order valence-electron chi connectivity index (χ2n) is 7.24. The molecule has 0 bridgehead atoms. The molecule has 4 rings (SSSR count). The van der Waals surface area contributed by atoms with E-state index in [4.69, 9.17) is 4.74 Å². The van der Waals surface area contributed by atoms with Crippen molar-refractivity contribution in [1.82, 2.24) is 0 Å². The van der Waals surface area contributed by atoms with Gasteiger partial charge in [0, 0.05) is 11.1 Å². The van der Waals surface area contributed by atoms with Gasteiger partial charge in [-0.25, -0.2) is 0 Å². The van der Waals surface area contributed by atoms with Crippen molar-refractivity contribution in [1.29, 1.82) is 0 Å². The van der Waals surface area contributed by atoms with Crippen LogP contribution in [0.3, 0.4) is 0 Å². The number of hydrogen-bond donors (Lipinski definition) is 0. The summed E-state index contributed by atoms with van der Waals surface area (Å²) in [6.45, 7) is 0. The molecule has 0 spiro atoms. The van der Waals surface area contributed by atoms with Crippen molar-refractivity contribution in [2.75, 3.05) is 0 Å². The minimum atomic E-state index is -4.79. The third kappa shape index (κ3) is 6.47. The fraction of sp³-hybridized carbons (Fsp3) is 0.0769. The van der Waals surface area contributed by atoms with Gasteiger partial charge in [0.1, 0.15) is 23.0 Å². The third-order valence-corrected chi connectivity index (χ3v) is 4.79. The Bertz CT molecular complexity index is 1180. The summed E-state index contributed by atoms with van der Waals surface area (Å²) in [5.74, 6) is 0.175. The molecular weight excluding hydrogens is 474 g/mol. The lowest BCUT2D eigenvalue weighted by Gasteiger charge is -2.15. The van der Waals surface area contributed by atoms with Crippen molar-refractivity contribution in [3.05, 3.63) is 97.1 Å². The Labute approximate surface area is 196 Å². The normalized spacial score (nSPS) is 11.7. The fourth-order valence-corrected chi connectivity index (χ4v) is 3.38. The van der Waals surface area contributed by atoms with Crippen LogP contribution in [0.4, 0.5) is 26.3 Å². The Morgan fingerprint density at radius 3 is 1.11 bits per heavy atom. The zero-order chi connectivity index (χ0) is 25.1. The zero-order valence-corrected chi connectivity index (χ0v) is 17.7. The number of para-hydroxylation sites is 2. The van der Waals surface area contributed by atoms with Gasteiger partial charge in [-0.2, -0.15) is 0 Å². The summed E-state index contributed by atoms with van der Waals surface area (Å²) >= 11 is 0. The number of alkyl halides is 6. The quantitative estimate of drug-likeness (QED) is 0.253. The Kier molecular flexibility index (Phi) is 6.59. The van der Waals surface area contributed by atoms with Crippen LogP contribution in [0.5, 0.6) is 23.0 Å². The second-order valence-corrected chi connectivity index (χ2v) is 7.24. The van der Waals surface area contributed by atoms with Crippen LogP contribution in [0.2, 0.25) is 0 Å². The molecule has 3 nitrogen and oxygen atoms in total. The molecule has 180 valence electrons. The van der Waals surface area contributed by atoms with Gasteiger partial charge in [-0.3, -0.25) is 0 Å². The van der Waals surface area contributed by atoms with E-state index in [2.05, 4.69) is 9.47 Å². The minimum absolute atomic E-state index is 0.344. The van der Waals surface area contributed by atoms with E-state index in [9.17, 15) is 26.3 Å². The van der Waals surface area contributed by atoms with Crippen molar-refractivity contribution >= 4 is 0 Å². The minimum Gasteiger partial charge on any atom is -0.456 e.